The highest BCUT2D eigenvalue weighted by Gasteiger charge is 2.17. The average Bonchev–Trinajstić information content (AvgIpc) is 3.40. The molecule has 1 saturated heterocycles. The number of hydrogen-bond donors (Lipinski definition) is 1. The Hall–Kier alpha value is -3.51. The fourth-order valence-electron chi connectivity index (χ4n) is 4.20. The Kier molecular flexibility index (Phi) is 8.04. The monoisotopic (exact) mass is 459 g/mol. The molecule has 0 saturated carbocycles. The summed E-state index contributed by atoms with van der Waals surface area (Å²) in [6.07, 6.45) is 2.45. The number of urea groups is 1. The summed E-state index contributed by atoms with van der Waals surface area (Å²) in [6, 6.07) is 23.9. The zero-order chi connectivity index (χ0) is 23.8. The van der Waals surface area contributed by atoms with Crippen molar-refractivity contribution in [3.05, 3.63) is 89.5 Å². The fraction of sp³-hybridized carbons (Fsp3) is 0.321. The van der Waals surface area contributed by atoms with Crippen LogP contribution in [0, 0.1) is 0 Å². The highest BCUT2D eigenvalue weighted by Crippen LogP contribution is 2.25. The van der Waals surface area contributed by atoms with Crippen LogP contribution in [0.5, 0.6) is 5.75 Å². The van der Waals surface area contributed by atoms with E-state index >= 15 is 0 Å². The average molecular weight is 460 g/mol. The van der Waals surface area contributed by atoms with Crippen molar-refractivity contribution in [3.63, 3.8) is 0 Å². The van der Waals surface area contributed by atoms with Gasteiger partial charge in [0.2, 0.25) is 0 Å². The molecule has 1 aliphatic rings. The standard InChI is InChI=1S/C28H33N3O3/c1-30(19-24-9-3-4-11-27(24)31-16-5-6-17-31)28(32)29-25-10-7-8-23(18-25)21-34-20-22-12-14-26(33-2)15-13-22/h3-4,7-15,18H,5-6,16-17,19-21H2,1-2H3,(H,29,32). The molecule has 3 aromatic rings. The molecule has 0 unspecified atom stereocenters. The summed E-state index contributed by atoms with van der Waals surface area (Å²) in [5.41, 5.74) is 5.25. The Morgan fingerprint density at radius 3 is 2.44 bits per heavy atom. The van der Waals surface area contributed by atoms with E-state index in [-0.39, 0.29) is 6.03 Å². The van der Waals surface area contributed by atoms with Crippen molar-refractivity contribution in [1.29, 1.82) is 0 Å². The lowest BCUT2D eigenvalue weighted by Gasteiger charge is -2.24. The van der Waals surface area contributed by atoms with E-state index in [4.69, 9.17) is 9.47 Å². The number of hydrogen-bond acceptors (Lipinski definition) is 4. The summed E-state index contributed by atoms with van der Waals surface area (Å²) in [5.74, 6) is 0.830. The molecule has 6 nitrogen and oxygen atoms in total. The highest BCUT2D eigenvalue weighted by atomic mass is 16.5. The van der Waals surface area contributed by atoms with Gasteiger partial charge in [0.25, 0.3) is 0 Å². The minimum Gasteiger partial charge on any atom is -0.497 e. The molecular formula is C28H33N3O3. The Labute approximate surface area is 202 Å². The normalized spacial score (nSPS) is 13.1. The predicted molar refractivity (Wildman–Crippen MR) is 136 cm³/mol. The molecule has 0 aromatic heterocycles. The smallest absolute Gasteiger partial charge is 0.321 e. The molecule has 0 atom stereocenters. The van der Waals surface area contributed by atoms with Crippen LogP contribution < -0.4 is 15.0 Å². The van der Waals surface area contributed by atoms with Crippen LogP contribution in [0.1, 0.15) is 29.5 Å². The van der Waals surface area contributed by atoms with Gasteiger partial charge in [-0.05, 0) is 59.9 Å². The van der Waals surface area contributed by atoms with Crippen molar-refractivity contribution in [3.8, 4) is 5.75 Å². The van der Waals surface area contributed by atoms with Gasteiger partial charge in [0.05, 0.1) is 20.3 Å². The lowest BCUT2D eigenvalue weighted by molar-refractivity contribution is 0.107. The highest BCUT2D eigenvalue weighted by molar-refractivity contribution is 5.89. The van der Waals surface area contributed by atoms with E-state index in [1.54, 1.807) is 12.0 Å². The van der Waals surface area contributed by atoms with E-state index in [0.29, 0.717) is 19.8 Å². The maximum absolute atomic E-state index is 12.9. The third-order valence-corrected chi connectivity index (χ3v) is 6.07. The Morgan fingerprint density at radius 1 is 0.941 bits per heavy atom. The van der Waals surface area contributed by atoms with Crippen LogP contribution in [0.25, 0.3) is 0 Å². The second-order valence-electron chi connectivity index (χ2n) is 8.65. The molecule has 4 rings (SSSR count). The van der Waals surface area contributed by atoms with Crippen molar-refractivity contribution >= 4 is 17.4 Å². The summed E-state index contributed by atoms with van der Waals surface area (Å²) in [6.45, 7) is 3.71. The summed E-state index contributed by atoms with van der Waals surface area (Å²) >= 11 is 0. The number of methoxy groups -OCH3 is 1. The van der Waals surface area contributed by atoms with Gasteiger partial charge in [0.15, 0.2) is 0 Å². The maximum atomic E-state index is 12.9. The Balaban J connectivity index is 1.30. The van der Waals surface area contributed by atoms with E-state index < -0.39 is 0 Å². The predicted octanol–water partition coefficient (Wildman–Crippen LogP) is 5.68. The molecule has 3 aromatic carbocycles. The van der Waals surface area contributed by atoms with Gasteiger partial charge in [-0.25, -0.2) is 4.79 Å². The van der Waals surface area contributed by atoms with Gasteiger partial charge in [-0.1, -0.05) is 42.5 Å². The largest absolute Gasteiger partial charge is 0.497 e. The number of carbonyl (C=O) groups is 1. The van der Waals surface area contributed by atoms with Crippen LogP contribution >= 0.6 is 0 Å². The lowest BCUT2D eigenvalue weighted by atomic mass is 10.1. The molecule has 2 amide bonds. The molecular weight excluding hydrogens is 426 g/mol. The van der Waals surface area contributed by atoms with Gasteiger partial charge >= 0.3 is 6.03 Å². The van der Waals surface area contributed by atoms with Gasteiger partial charge < -0.3 is 24.6 Å². The van der Waals surface area contributed by atoms with Crippen LogP contribution in [0.4, 0.5) is 16.2 Å². The molecule has 178 valence electrons. The molecule has 0 bridgehead atoms. The maximum Gasteiger partial charge on any atom is 0.321 e. The van der Waals surface area contributed by atoms with Crippen LogP contribution in [0.3, 0.4) is 0 Å². The van der Waals surface area contributed by atoms with Crippen LogP contribution in [0.15, 0.2) is 72.8 Å². The second kappa shape index (κ2) is 11.6. The SMILES string of the molecule is COc1ccc(COCc2cccc(NC(=O)N(C)Cc3ccccc3N3CCCC3)c2)cc1. The minimum atomic E-state index is -0.132. The summed E-state index contributed by atoms with van der Waals surface area (Å²) in [5, 5.41) is 3.02. The number of para-hydroxylation sites is 1. The molecule has 1 heterocycles. The number of carbonyl (C=O) groups excluding carboxylic acids is 1. The molecule has 0 radical (unpaired) electrons. The molecule has 34 heavy (non-hydrogen) atoms. The summed E-state index contributed by atoms with van der Waals surface area (Å²) in [7, 11) is 3.49. The third kappa shape index (κ3) is 6.29. The first-order chi connectivity index (χ1) is 16.6. The third-order valence-electron chi connectivity index (χ3n) is 6.07. The van der Waals surface area contributed by atoms with E-state index in [9.17, 15) is 4.79 Å². The molecule has 1 N–H and O–H groups in total. The first kappa shape index (κ1) is 23.6. The number of ether oxygens (including phenoxy) is 2. The van der Waals surface area contributed by atoms with Gasteiger partial charge in [-0.15, -0.1) is 0 Å². The molecule has 0 aliphatic carbocycles. The number of nitrogens with zero attached hydrogens (tertiary/aromatic N) is 2. The van der Waals surface area contributed by atoms with Crippen molar-refractivity contribution in [2.24, 2.45) is 0 Å². The summed E-state index contributed by atoms with van der Waals surface area (Å²) in [4.78, 5) is 17.0. The quantitative estimate of drug-likeness (QED) is 0.448. The van der Waals surface area contributed by atoms with E-state index in [2.05, 4.69) is 28.4 Å². The molecule has 1 aliphatic heterocycles. The minimum absolute atomic E-state index is 0.132. The van der Waals surface area contributed by atoms with Crippen LogP contribution in [0.2, 0.25) is 0 Å². The number of amides is 2. The first-order valence-corrected chi connectivity index (χ1v) is 11.8. The number of nitrogens with one attached hydrogen (secondary N) is 1. The number of rotatable bonds is 9. The van der Waals surface area contributed by atoms with E-state index in [0.717, 1.165) is 35.7 Å². The topological polar surface area (TPSA) is 54.0 Å². The fourth-order valence-corrected chi connectivity index (χ4v) is 4.20. The van der Waals surface area contributed by atoms with Crippen molar-refractivity contribution in [2.45, 2.75) is 32.6 Å². The molecule has 6 heteroatoms. The van der Waals surface area contributed by atoms with Gasteiger partial charge in [0, 0.05) is 38.1 Å². The Bertz CT molecular complexity index is 1080. The first-order valence-electron chi connectivity index (χ1n) is 11.8. The zero-order valence-electron chi connectivity index (χ0n) is 20.0. The van der Waals surface area contributed by atoms with Gasteiger partial charge in [-0.2, -0.15) is 0 Å². The lowest BCUT2D eigenvalue weighted by Crippen LogP contribution is -2.31. The van der Waals surface area contributed by atoms with E-state index in [1.807, 2.05) is 61.6 Å². The molecule has 0 spiro atoms. The summed E-state index contributed by atoms with van der Waals surface area (Å²) < 4.78 is 11.0. The van der Waals surface area contributed by atoms with Crippen molar-refractivity contribution in [1.82, 2.24) is 4.90 Å². The van der Waals surface area contributed by atoms with Crippen molar-refractivity contribution < 1.29 is 14.3 Å². The zero-order valence-corrected chi connectivity index (χ0v) is 20.0. The molecule has 1 fully saturated rings. The number of benzene rings is 3. The van der Waals surface area contributed by atoms with Crippen LogP contribution in [-0.4, -0.2) is 38.2 Å². The van der Waals surface area contributed by atoms with E-state index in [1.165, 1.54) is 24.1 Å². The van der Waals surface area contributed by atoms with Crippen molar-refractivity contribution in [2.75, 3.05) is 37.5 Å². The second-order valence-corrected chi connectivity index (χ2v) is 8.65. The van der Waals surface area contributed by atoms with Gasteiger partial charge in [-0.3, -0.25) is 0 Å². The van der Waals surface area contributed by atoms with Gasteiger partial charge in [0.1, 0.15) is 5.75 Å². The Morgan fingerprint density at radius 2 is 1.68 bits per heavy atom. The van der Waals surface area contributed by atoms with Crippen LogP contribution in [-0.2, 0) is 24.5 Å². The number of anilines is 2.